The number of hydrogen-bond acceptors (Lipinski definition) is 8. The third kappa shape index (κ3) is 5.66. The second-order valence-electron chi connectivity index (χ2n) is 9.59. The molecular weight excluding hydrogens is 576 g/mol. The highest BCUT2D eigenvalue weighted by molar-refractivity contribution is 7.17. The predicted octanol–water partition coefficient (Wildman–Crippen LogP) is 6.80. The molecule has 0 aliphatic carbocycles. The Hall–Kier alpha value is -4.47. The Kier molecular flexibility index (Phi) is 8.42. The fraction of sp³-hybridized carbons (Fsp3) is 0.188. The highest BCUT2D eigenvalue weighted by Gasteiger charge is 2.48. The fourth-order valence-corrected chi connectivity index (χ4v) is 5.77. The quantitative estimate of drug-likeness (QED) is 0.102. The Bertz CT molecular complexity index is 1690. The maximum Gasteiger partial charge on any atom is 0.350 e. The number of carbonyl (C=O) groups is 3. The van der Waals surface area contributed by atoms with E-state index in [1.54, 1.807) is 62.4 Å². The van der Waals surface area contributed by atoms with Crippen LogP contribution in [0.2, 0.25) is 5.02 Å². The topological polar surface area (TPSA) is 106 Å². The van der Waals surface area contributed by atoms with E-state index in [0.717, 1.165) is 22.5 Å². The molecule has 1 aromatic heterocycles. The van der Waals surface area contributed by atoms with E-state index in [0.29, 0.717) is 34.2 Å². The molecule has 1 N–H and O–H groups in total. The average Bonchev–Trinajstić information content (AvgIpc) is 3.49. The zero-order valence-electron chi connectivity index (χ0n) is 23.1. The number of halogens is 1. The van der Waals surface area contributed by atoms with Crippen LogP contribution in [0.4, 0.5) is 5.13 Å². The minimum absolute atomic E-state index is 0.110. The first-order valence-electron chi connectivity index (χ1n) is 13.2. The number of ketones is 1. The summed E-state index contributed by atoms with van der Waals surface area (Å²) in [5.74, 6) is -2.09. The lowest BCUT2D eigenvalue weighted by Crippen LogP contribution is -2.29. The number of thiazole rings is 1. The van der Waals surface area contributed by atoms with Crippen LogP contribution in [0.25, 0.3) is 5.76 Å². The lowest BCUT2D eigenvalue weighted by Gasteiger charge is -2.23. The molecule has 214 valence electrons. The summed E-state index contributed by atoms with van der Waals surface area (Å²) in [4.78, 5) is 45.2. The number of nitrogens with zero attached hydrogens (tertiary/aromatic N) is 2. The summed E-state index contributed by atoms with van der Waals surface area (Å²) in [5.41, 5.74) is 3.29. The summed E-state index contributed by atoms with van der Waals surface area (Å²) in [6, 6.07) is 20.2. The third-order valence-electron chi connectivity index (χ3n) is 6.87. The van der Waals surface area contributed by atoms with Crippen molar-refractivity contribution in [3.8, 4) is 5.75 Å². The molecule has 1 aliphatic heterocycles. The largest absolute Gasteiger partial charge is 0.507 e. The normalized spacial score (nSPS) is 16.1. The van der Waals surface area contributed by atoms with Gasteiger partial charge in [0.1, 0.15) is 23.0 Å². The average molecular weight is 603 g/mol. The van der Waals surface area contributed by atoms with E-state index in [1.165, 1.54) is 4.90 Å². The molecular formula is C32H27ClN2O6S. The molecule has 8 nitrogen and oxygen atoms in total. The van der Waals surface area contributed by atoms with Crippen molar-refractivity contribution in [2.24, 2.45) is 0 Å². The SMILES string of the molecule is CCOC(=O)c1sc(N2C(=O)C(=O)C(=C(O)c3ccc(OCc4ccccc4C)cc3)C2c2ccc(Cl)cc2)nc1C. The first-order chi connectivity index (χ1) is 20.2. The molecule has 0 saturated carbocycles. The van der Waals surface area contributed by atoms with E-state index in [4.69, 9.17) is 21.1 Å². The highest BCUT2D eigenvalue weighted by atomic mass is 35.5. The molecule has 1 aliphatic rings. The van der Waals surface area contributed by atoms with Crippen LogP contribution < -0.4 is 9.64 Å². The predicted molar refractivity (Wildman–Crippen MR) is 161 cm³/mol. The van der Waals surface area contributed by atoms with Crippen molar-refractivity contribution in [3.63, 3.8) is 0 Å². The lowest BCUT2D eigenvalue weighted by molar-refractivity contribution is -0.132. The molecule has 10 heteroatoms. The van der Waals surface area contributed by atoms with Gasteiger partial charge in [0, 0.05) is 10.6 Å². The van der Waals surface area contributed by atoms with E-state index in [9.17, 15) is 19.5 Å². The Morgan fingerprint density at radius 1 is 1.02 bits per heavy atom. The van der Waals surface area contributed by atoms with Crippen LogP contribution in [0.15, 0.2) is 78.4 Å². The number of hydrogen-bond donors (Lipinski definition) is 1. The molecule has 1 amide bonds. The van der Waals surface area contributed by atoms with Gasteiger partial charge in [0.25, 0.3) is 5.78 Å². The van der Waals surface area contributed by atoms with Crippen LogP contribution >= 0.6 is 22.9 Å². The van der Waals surface area contributed by atoms with E-state index in [-0.39, 0.29) is 27.9 Å². The highest BCUT2D eigenvalue weighted by Crippen LogP contribution is 2.44. The van der Waals surface area contributed by atoms with Crippen molar-refractivity contribution in [2.45, 2.75) is 33.4 Å². The molecule has 3 aromatic carbocycles. The number of benzene rings is 3. The van der Waals surface area contributed by atoms with Crippen molar-refractivity contribution in [1.29, 1.82) is 0 Å². The Morgan fingerprint density at radius 2 is 1.71 bits per heavy atom. The number of rotatable bonds is 8. The maximum absolute atomic E-state index is 13.5. The number of amides is 1. The number of aromatic nitrogens is 1. The van der Waals surface area contributed by atoms with Crippen molar-refractivity contribution in [1.82, 2.24) is 4.98 Å². The number of carbonyl (C=O) groups excluding carboxylic acids is 3. The Morgan fingerprint density at radius 3 is 2.38 bits per heavy atom. The van der Waals surface area contributed by atoms with Gasteiger partial charge in [-0.1, -0.05) is 59.3 Å². The molecule has 1 saturated heterocycles. The summed E-state index contributed by atoms with van der Waals surface area (Å²) in [7, 11) is 0. The van der Waals surface area contributed by atoms with Crippen LogP contribution in [0.5, 0.6) is 5.75 Å². The lowest BCUT2D eigenvalue weighted by atomic mass is 9.95. The summed E-state index contributed by atoms with van der Waals surface area (Å²) in [6.45, 7) is 5.88. The van der Waals surface area contributed by atoms with Gasteiger partial charge >= 0.3 is 11.9 Å². The summed E-state index contributed by atoms with van der Waals surface area (Å²) < 4.78 is 11.0. The Labute approximate surface area is 251 Å². The summed E-state index contributed by atoms with van der Waals surface area (Å²) in [5, 5.41) is 12.0. The molecule has 1 unspecified atom stereocenters. The van der Waals surface area contributed by atoms with Crippen molar-refractivity contribution >= 4 is 51.5 Å². The first kappa shape index (κ1) is 29.0. The van der Waals surface area contributed by atoms with Gasteiger partial charge in [0.15, 0.2) is 5.13 Å². The molecule has 42 heavy (non-hydrogen) atoms. The fourth-order valence-electron chi connectivity index (χ4n) is 4.66. The molecule has 0 bridgehead atoms. The summed E-state index contributed by atoms with van der Waals surface area (Å²) in [6.07, 6.45) is 0. The monoisotopic (exact) mass is 602 g/mol. The van der Waals surface area contributed by atoms with Crippen LogP contribution in [0.1, 0.15) is 50.6 Å². The number of ether oxygens (including phenoxy) is 2. The zero-order chi connectivity index (χ0) is 30.0. The second kappa shape index (κ2) is 12.2. The van der Waals surface area contributed by atoms with Crippen LogP contribution in [0.3, 0.4) is 0 Å². The molecule has 1 fully saturated rings. The van der Waals surface area contributed by atoms with Crippen LogP contribution in [-0.2, 0) is 20.9 Å². The van der Waals surface area contributed by atoms with E-state index in [1.807, 2.05) is 31.2 Å². The van der Waals surface area contributed by atoms with E-state index < -0.39 is 23.7 Å². The molecule has 5 rings (SSSR count). The second-order valence-corrected chi connectivity index (χ2v) is 11.0. The van der Waals surface area contributed by atoms with Gasteiger partial charge in [-0.15, -0.1) is 0 Å². The van der Waals surface area contributed by atoms with E-state index >= 15 is 0 Å². The minimum atomic E-state index is -1.01. The van der Waals surface area contributed by atoms with Gasteiger partial charge in [-0.05, 0) is 73.9 Å². The molecule has 4 aromatic rings. The van der Waals surface area contributed by atoms with Crippen molar-refractivity contribution in [3.05, 3.63) is 116 Å². The van der Waals surface area contributed by atoms with Gasteiger partial charge < -0.3 is 14.6 Å². The first-order valence-corrected chi connectivity index (χ1v) is 14.4. The number of aliphatic hydroxyl groups excluding tert-OH is 1. The standard InChI is InChI=1S/C32H27ClN2O6S/c1-4-40-31(39)29-19(3)34-32(42-29)35-26(20-9-13-23(33)14-10-20)25(28(37)30(35)38)27(36)21-11-15-24(16-12-21)41-17-22-8-6-5-7-18(22)2/h5-16,26,36H,4,17H2,1-3H3. The van der Waals surface area contributed by atoms with Gasteiger partial charge in [-0.2, -0.15) is 0 Å². The van der Waals surface area contributed by atoms with Gasteiger partial charge in [-0.25, -0.2) is 9.78 Å². The number of esters is 1. The summed E-state index contributed by atoms with van der Waals surface area (Å²) >= 11 is 7.07. The third-order valence-corrected chi connectivity index (χ3v) is 8.25. The van der Waals surface area contributed by atoms with Crippen LogP contribution in [-0.4, -0.2) is 34.4 Å². The van der Waals surface area contributed by atoms with Crippen molar-refractivity contribution in [2.75, 3.05) is 11.5 Å². The Balaban J connectivity index is 1.52. The molecule has 0 spiro atoms. The van der Waals surface area contributed by atoms with Gasteiger partial charge in [0.2, 0.25) is 0 Å². The minimum Gasteiger partial charge on any atom is -0.507 e. The molecule has 2 heterocycles. The smallest absolute Gasteiger partial charge is 0.350 e. The van der Waals surface area contributed by atoms with Crippen molar-refractivity contribution < 1.29 is 29.0 Å². The number of aliphatic hydroxyl groups is 1. The number of Topliss-reactive ketones (excluding diaryl/α,β-unsaturated/α-hetero) is 1. The van der Waals surface area contributed by atoms with Gasteiger partial charge in [-0.3, -0.25) is 14.5 Å². The van der Waals surface area contributed by atoms with E-state index in [2.05, 4.69) is 4.98 Å². The maximum atomic E-state index is 13.5. The molecule has 0 radical (unpaired) electrons. The van der Waals surface area contributed by atoms with Gasteiger partial charge in [0.05, 0.1) is 23.9 Å². The number of aryl methyl sites for hydroxylation is 2. The van der Waals surface area contributed by atoms with Crippen LogP contribution in [0, 0.1) is 13.8 Å². The number of anilines is 1. The zero-order valence-corrected chi connectivity index (χ0v) is 24.7. The molecule has 1 atom stereocenters.